The molecule has 0 radical (unpaired) electrons. The summed E-state index contributed by atoms with van der Waals surface area (Å²) in [6, 6.07) is 20.2. The van der Waals surface area contributed by atoms with E-state index < -0.39 is 22.0 Å². The first-order valence-corrected chi connectivity index (χ1v) is 14.1. The molecule has 1 heterocycles. The van der Waals surface area contributed by atoms with Gasteiger partial charge in [0.05, 0.1) is 23.4 Å². The van der Waals surface area contributed by atoms with E-state index in [2.05, 4.69) is 20.3 Å². The monoisotopic (exact) mass is 552 g/mol. The van der Waals surface area contributed by atoms with Crippen LogP contribution in [0.2, 0.25) is 0 Å². The molecular formula is C27H28N4O5S2. The molecule has 1 aromatic heterocycles. The molecule has 4 rings (SSSR count). The number of thiazole rings is 1. The highest BCUT2D eigenvalue weighted by Gasteiger charge is 2.18. The maximum Gasteiger partial charge on any atom is 0.262 e. The Morgan fingerprint density at radius 3 is 2.45 bits per heavy atom. The second kappa shape index (κ2) is 12.1. The standard InChI is InChI=1S/C27H28N4O5S2/c1-18(19-7-5-4-6-8-19)31-38(33,34)22-12-10-21(11-13-22)36-16-26(32)29-23-15-20(9-14-25(23)35-3)24-17-37-27(28-2)30-24/h4-15,17-18,31H,16H2,1-3H3,(H,28,30)(H,29,32)/t18-/m1/s1. The van der Waals surface area contributed by atoms with Crippen molar-refractivity contribution in [2.45, 2.75) is 17.9 Å². The fourth-order valence-corrected chi connectivity index (χ4v) is 5.56. The van der Waals surface area contributed by atoms with Crippen LogP contribution in [0.1, 0.15) is 18.5 Å². The maximum absolute atomic E-state index is 12.8. The number of carbonyl (C=O) groups is 1. The third-order valence-electron chi connectivity index (χ3n) is 5.62. The lowest BCUT2D eigenvalue weighted by atomic mass is 10.1. The molecule has 3 aromatic carbocycles. The molecule has 1 atom stereocenters. The third kappa shape index (κ3) is 6.68. The fourth-order valence-electron chi connectivity index (χ4n) is 3.65. The smallest absolute Gasteiger partial charge is 0.262 e. The lowest BCUT2D eigenvalue weighted by molar-refractivity contribution is -0.118. The Morgan fingerprint density at radius 2 is 1.79 bits per heavy atom. The normalized spacial score (nSPS) is 12.0. The minimum Gasteiger partial charge on any atom is -0.495 e. The fraction of sp³-hybridized carbons (Fsp3) is 0.185. The molecule has 0 spiro atoms. The zero-order chi connectivity index (χ0) is 27.1. The van der Waals surface area contributed by atoms with Crippen molar-refractivity contribution in [2.24, 2.45) is 0 Å². The van der Waals surface area contributed by atoms with Crippen molar-refractivity contribution in [1.29, 1.82) is 0 Å². The number of carbonyl (C=O) groups excluding carboxylic acids is 1. The number of nitrogens with one attached hydrogen (secondary N) is 3. The zero-order valence-electron chi connectivity index (χ0n) is 21.1. The number of amides is 1. The first-order valence-electron chi connectivity index (χ1n) is 11.7. The van der Waals surface area contributed by atoms with E-state index in [1.54, 1.807) is 26.1 Å². The van der Waals surface area contributed by atoms with Gasteiger partial charge in [-0.15, -0.1) is 11.3 Å². The number of nitrogens with zero attached hydrogens (tertiary/aromatic N) is 1. The van der Waals surface area contributed by atoms with Crippen LogP contribution in [0, 0.1) is 0 Å². The predicted molar refractivity (Wildman–Crippen MR) is 149 cm³/mol. The lowest BCUT2D eigenvalue weighted by Gasteiger charge is -2.15. The minimum atomic E-state index is -3.74. The van der Waals surface area contributed by atoms with E-state index in [4.69, 9.17) is 9.47 Å². The molecule has 0 saturated carbocycles. The van der Waals surface area contributed by atoms with Gasteiger partial charge >= 0.3 is 0 Å². The number of aromatic nitrogens is 1. The van der Waals surface area contributed by atoms with Gasteiger partial charge < -0.3 is 20.1 Å². The highest BCUT2D eigenvalue weighted by molar-refractivity contribution is 7.89. The molecule has 1 amide bonds. The van der Waals surface area contributed by atoms with Crippen LogP contribution >= 0.6 is 11.3 Å². The summed E-state index contributed by atoms with van der Waals surface area (Å²) >= 11 is 1.48. The zero-order valence-corrected chi connectivity index (χ0v) is 22.7. The molecule has 3 N–H and O–H groups in total. The number of ether oxygens (including phenoxy) is 2. The molecule has 0 aliphatic heterocycles. The van der Waals surface area contributed by atoms with Crippen molar-refractivity contribution in [3.63, 3.8) is 0 Å². The van der Waals surface area contributed by atoms with Gasteiger partial charge in [-0.25, -0.2) is 18.1 Å². The summed E-state index contributed by atoms with van der Waals surface area (Å²) in [6.07, 6.45) is 0. The number of methoxy groups -OCH3 is 1. The van der Waals surface area contributed by atoms with Crippen LogP contribution in [-0.2, 0) is 14.8 Å². The molecule has 9 nitrogen and oxygen atoms in total. The van der Waals surface area contributed by atoms with Crippen molar-refractivity contribution in [1.82, 2.24) is 9.71 Å². The van der Waals surface area contributed by atoms with E-state index in [0.29, 0.717) is 17.2 Å². The van der Waals surface area contributed by atoms with Crippen LogP contribution in [0.25, 0.3) is 11.3 Å². The second-order valence-electron chi connectivity index (χ2n) is 8.26. The molecule has 0 saturated heterocycles. The average molecular weight is 553 g/mol. The third-order valence-corrected chi connectivity index (χ3v) is 8.04. The first kappa shape index (κ1) is 27.1. The number of rotatable bonds is 11. The highest BCUT2D eigenvalue weighted by Crippen LogP contribution is 2.32. The van der Waals surface area contributed by atoms with Crippen molar-refractivity contribution in [3.8, 4) is 22.8 Å². The van der Waals surface area contributed by atoms with Crippen LogP contribution < -0.4 is 24.8 Å². The summed E-state index contributed by atoms with van der Waals surface area (Å²) in [5.41, 5.74) is 2.94. The van der Waals surface area contributed by atoms with Crippen LogP contribution in [0.3, 0.4) is 0 Å². The van der Waals surface area contributed by atoms with Gasteiger partial charge in [0, 0.05) is 24.0 Å². The molecule has 38 heavy (non-hydrogen) atoms. The molecular weight excluding hydrogens is 524 g/mol. The Morgan fingerprint density at radius 1 is 1.05 bits per heavy atom. The molecule has 0 bridgehead atoms. The van der Waals surface area contributed by atoms with Gasteiger partial charge in [-0.1, -0.05) is 30.3 Å². The molecule has 0 fully saturated rings. The quantitative estimate of drug-likeness (QED) is 0.242. The predicted octanol–water partition coefficient (Wildman–Crippen LogP) is 4.92. The van der Waals surface area contributed by atoms with Crippen molar-refractivity contribution in [3.05, 3.63) is 83.7 Å². The van der Waals surface area contributed by atoms with E-state index in [9.17, 15) is 13.2 Å². The number of sulfonamides is 1. The Hall–Kier alpha value is -3.93. The first-order chi connectivity index (χ1) is 18.3. The van der Waals surface area contributed by atoms with E-state index in [0.717, 1.165) is 22.0 Å². The maximum atomic E-state index is 12.8. The summed E-state index contributed by atoms with van der Waals surface area (Å²) in [4.78, 5) is 17.2. The van der Waals surface area contributed by atoms with Gasteiger partial charge in [-0.3, -0.25) is 4.79 Å². The number of hydrogen-bond donors (Lipinski definition) is 3. The number of benzene rings is 3. The Bertz CT molecular complexity index is 1490. The Labute approximate surface area is 225 Å². The van der Waals surface area contributed by atoms with Crippen LogP contribution in [0.4, 0.5) is 10.8 Å². The second-order valence-corrected chi connectivity index (χ2v) is 10.8. The summed E-state index contributed by atoms with van der Waals surface area (Å²) in [7, 11) is -0.413. The van der Waals surface area contributed by atoms with Crippen molar-refractivity contribution in [2.75, 3.05) is 31.4 Å². The Balaban J connectivity index is 1.37. The van der Waals surface area contributed by atoms with Gasteiger partial charge in [0.2, 0.25) is 10.0 Å². The largest absolute Gasteiger partial charge is 0.495 e. The SMILES string of the molecule is CNc1nc(-c2ccc(OC)c(NC(=O)COc3ccc(S(=O)(=O)N[C@H](C)c4ccccc4)cc3)c2)cs1. The van der Waals surface area contributed by atoms with Gasteiger partial charge in [0.25, 0.3) is 5.91 Å². The molecule has 11 heteroatoms. The summed E-state index contributed by atoms with van der Waals surface area (Å²) < 4.78 is 39.2. The summed E-state index contributed by atoms with van der Waals surface area (Å²) in [5, 5.41) is 8.51. The summed E-state index contributed by atoms with van der Waals surface area (Å²) in [5.74, 6) is 0.459. The van der Waals surface area contributed by atoms with Crippen LogP contribution in [-0.4, -0.2) is 40.1 Å². The molecule has 0 aliphatic carbocycles. The molecule has 0 unspecified atom stereocenters. The number of hydrogen-bond acceptors (Lipinski definition) is 8. The number of anilines is 2. The van der Waals surface area contributed by atoms with Crippen molar-refractivity contribution < 1.29 is 22.7 Å². The lowest BCUT2D eigenvalue weighted by Crippen LogP contribution is -2.26. The van der Waals surface area contributed by atoms with Gasteiger partial charge in [0.1, 0.15) is 11.5 Å². The van der Waals surface area contributed by atoms with Crippen molar-refractivity contribution >= 4 is 38.1 Å². The van der Waals surface area contributed by atoms with Crippen LogP contribution in [0.15, 0.2) is 83.1 Å². The average Bonchev–Trinajstić information content (AvgIpc) is 3.42. The van der Waals surface area contributed by atoms with E-state index in [1.807, 2.05) is 41.8 Å². The minimum absolute atomic E-state index is 0.0992. The van der Waals surface area contributed by atoms with E-state index in [1.165, 1.54) is 42.7 Å². The van der Waals surface area contributed by atoms with Gasteiger partial charge in [-0.2, -0.15) is 0 Å². The highest BCUT2D eigenvalue weighted by atomic mass is 32.2. The Kier molecular flexibility index (Phi) is 8.62. The van der Waals surface area contributed by atoms with Crippen LogP contribution in [0.5, 0.6) is 11.5 Å². The molecule has 0 aliphatic rings. The topological polar surface area (TPSA) is 119 Å². The molecule has 198 valence electrons. The molecule has 4 aromatic rings. The van der Waals surface area contributed by atoms with Gasteiger partial charge in [0.15, 0.2) is 11.7 Å². The van der Waals surface area contributed by atoms with E-state index >= 15 is 0 Å². The summed E-state index contributed by atoms with van der Waals surface area (Å²) in [6.45, 7) is 1.51. The van der Waals surface area contributed by atoms with E-state index in [-0.39, 0.29) is 11.5 Å². The van der Waals surface area contributed by atoms with Gasteiger partial charge in [-0.05, 0) is 55.0 Å².